The van der Waals surface area contributed by atoms with Crippen LogP contribution in [0.25, 0.3) is 0 Å². The number of hydroxylamine groups is 2. The summed E-state index contributed by atoms with van der Waals surface area (Å²) in [5, 5.41) is 20.1. The molecule has 2 aliphatic rings. The van der Waals surface area contributed by atoms with Gasteiger partial charge in [0.15, 0.2) is 10.5 Å². The van der Waals surface area contributed by atoms with E-state index >= 15 is 0 Å². The van der Waals surface area contributed by atoms with E-state index in [1.54, 1.807) is 6.07 Å². The van der Waals surface area contributed by atoms with Crippen molar-refractivity contribution in [2.45, 2.75) is 62.9 Å². The van der Waals surface area contributed by atoms with Crippen molar-refractivity contribution >= 4 is 52.1 Å². The molecule has 1 aliphatic carbocycles. The van der Waals surface area contributed by atoms with Crippen LogP contribution in [0.1, 0.15) is 51.5 Å². The number of amides is 2. The summed E-state index contributed by atoms with van der Waals surface area (Å²) in [6.45, 7) is 3.72. The predicted octanol–water partition coefficient (Wildman–Crippen LogP) is 4.98. The molecule has 0 unspecified atom stereocenters. The van der Waals surface area contributed by atoms with E-state index in [0.717, 1.165) is 32.1 Å². The highest BCUT2D eigenvalue weighted by atomic mass is 35.5. The second-order valence-electron chi connectivity index (χ2n) is 7.70. The van der Waals surface area contributed by atoms with Gasteiger partial charge >= 0.3 is 6.03 Å². The van der Waals surface area contributed by atoms with Crippen molar-refractivity contribution in [2.75, 3.05) is 0 Å². The minimum Gasteiger partial charge on any atom is -0.333 e. The van der Waals surface area contributed by atoms with Crippen LogP contribution in [0.2, 0.25) is 5.02 Å². The van der Waals surface area contributed by atoms with Crippen LogP contribution in [0.4, 0.5) is 9.18 Å². The number of hydrogen-bond acceptors (Lipinski definition) is 5. The van der Waals surface area contributed by atoms with E-state index in [1.165, 1.54) is 35.1 Å². The van der Waals surface area contributed by atoms with E-state index in [0.29, 0.717) is 9.38 Å². The van der Waals surface area contributed by atoms with E-state index in [2.05, 4.69) is 10.4 Å². The third-order valence-corrected chi connectivity index (χ3v) is 6.94. The lowest BCUT2D eigenvalue weighted by Gasteiger charge is -2.35. The minimum absolute atomic E-state index is 0.0455. The lowest BCUT2D eigenvalue weighted by Crippen LogP contribution is -2.57. The van der Waals surface area contributed by atoms with Gasteiger partial charge < -0.3 is 5.32 Å². The molecule has 158 valence electrons. The van der Waals surface area contributed by atoms with Crippen LogP contribution >= 0.6 is 35.6 Å². The van der Waals surface area contributed by atoms with Crippen molar-refractivity contribution in [1.82, 2.24) is 15.4 Å². The topological polar surface area (TPSA) is 68.2 Å². The highest BCUT2D eigenvalue weighted by Crippen LogP contribution is 2.42. The SMILES string of the molecule is CC1(C)SC(=S)N(/N=C\c2c(F)cccc2Cl)[C@@H]1N(O)C(=O)NC1CCCCC1. The van der Waals surface area contributed by atoms with E-state index in [-0.39, 0.29) is 16.6 Å². The molecule has 1 atom stereocenters. The minimum atomic E-state index is -0.856. The first kappa shape index (κ1) is 22.3. The Hall–Kier alpha value is -1.42. The number of carbonyl (C=O) groups excluding carboxylic acids is 1. The molecule has 3 rings (SSSR count). The normalized spacial score (nSPS) is 22.3. The fourth-order valence-electron chi connectivity index (χ4n) is 3.58. The van der Waals surface area contributed by atoms with Gasteiger partial charge in [0, 0.05) is 11.6 Å². The zero-order chi connectivity index (χ0) is 21.2. The largest absolute Gasteiger partial charge is 0.343 e. The summed E-state index contributed by atoms with van der Waals surface area (Å²) in [6.07, 6.45) is 5.48. The van der Waals surface area contributed by atoms with E-state index in [1.807, 2.05) is 13.8 Å². The fourth-order valence-corrected chi connectivity index (χ4v) is 5.58. The third kappa shape index (κ3) is 5.02. The first-order valence-corrected chi connectivity index (χ1v) is 11.1. The van der Waals surface area contributed by atoms with Gasteiger partial charge in [0.1, 0.15) is 5.82 Å². The first-order chi connectivity index (χ1) is 13.7. The van der Waals surface area contributed by atoms with Crippen LogP contribution in [-0.4, -0.2) is 48.8 Å². The predicted molar refractivity (Wildman–Crippen MR) is 118 cm³/mol. The number of nitrogens with zero attached hydrogens (tertiary/aromatic N) is 3. The molecule has 10 heteroatoms. The number of carbonyl (C=O) groups is 1. The van der Waals surface area contributed by atoms with Gasteiger partial charge in [-0.3, -0.25) is 5.21 Å². The maximum absolute atomic E-state index is 14.1. The number of rotatable bonds is 4. The number of halogens is 2. The lowest BCUT2D eigenvalue weighted by atomic mass is 9.96. The molecule has 1 heterocycles. The molecular formula is C19H24ClFN4O2S2. The third-order valence-electron chi connectivity index (χ3n) is 5.07. The van der Waals surface area contributed by atoms with Crippen molar-refractivity contribution in [3.05, 3.63) is 34.6 Å². The number of benzene rings is 1. The Morgan fingerprint density at radius 1 is 1.45 bits per heavy atom. The van der Waals surface area contributed by atoms with Gasteiger partial charge in [-0.05, 0) is 38.8 Å². The van der Waals surface area contributed by atoms with E-state index < -0.39 is 22.8 Å². The van der Waals surface area contributed by atoms with Crippen LogP contribution in [0.5, 0.6) is 0 Å². The molecule has 1 aliphatic heterocycles. The zero-order valence-electron chi connectivity index (χ0n) is 16.3. The van der Waals surface area contributed by atoms with Crippen LogP contribution in [0.15, 0.2) is 23.3 Å². The Labute approximate surface area is 184 Å². The molecule has 0 spiro atoms. The molecule has 6 nitrogen and oxygen atoms in total. The van der Waals surface area contributed by atoms with Gasteiger partial charge in [-0.1, -0.05) is 60.9 Å². The Morgan fingerprint density at radius 2 is 2.14 bits per heavy atom. The van der Waals surface area contributed by atoms with E-state index in [9.17, 15) is 14.4 Å². The average molecular weight is 459 g/mol. The second-order valence-corrected chi connectivity index (χ2v) is 10.4. The second kappa shape index (κ2) is 9.16. The van der Waals surface area contributed by atoms with Crippen LogP contribution in [-0.2, 0) is 0 Å². The molecule has 0 radical (unpaired) electrons. The molecule has 2 amide bonds. The summed E-state index contributed by atoms with van der Waals surface area (Å²) >= 11 is 12.8. The van der Waals surface area contributed by atoms with Crippen molar-refractivity contribution in [3.63, 3.8) is 0 Å². The molecule has 2 fully saturated rings. The molecular weight excluding hydrogens is 435 g/mol. The number of thioether (sulfide) groups is 1. The summed E-state index contributed by atoms with van der Waals surface area (Å²) in [5.74, 6) is -0.522. The van der Waals surface area contributed by atoms with Crippen molar-refractivity contribution in [2.24, 2.45) is 5.10 Å². The number of hydrogen-bond donors (Lipinski definition) is 2. The Bertz CT molecular complexity index is 797. The van der Waals surface area contributed by atoms with Gasteiger partial charge in [0.05, 0.1) is 16.0 Å². The smallest absolute Gasteiger partial charge is 0.333 e. The molecule has 0 bridgehead atoms. The standard InChI is InChI=1S/C19H24ClFN4O2S2/c1-19(2)16(25(27)17(26)23-12-7-4-3-5-8-12)24(18(28)29-19)22-11-13-14(20)9-6-10-15(13)21/h6,9-12,16,27H,3-5,7-8H2,1-2H3,(H,23,26)/b22-11-/t16-/m1/s1. The Morgan fingerprint density at radius 3 is 2.79 bits per heavy atom. The van der Waals surface area contributed by atoms with Crippen molar-refractivity contribution < 1.29 is 14.4 Å². The van der Waals surface area contributed by atoms with E-state index in [4.69, 9.17) is 23.8 Å². The molecule has 1 saturated heterocycles. The van der Waals surface area contributed by atoms with Gasteiger partial charge in [-0.2, -0.15) is 10.2 Å². The molecule has 1 saturated carbocycles. The highest BCUT2D eigenvalue weighted by molar-refractivity contribution is 8.24. The fraction of sp³-hybridized carbons (Fsp3) is 0.526. The molecule has 2 N–H and O–H groups in total. The quantitative estimate of drug-likeness (QED) is 0.288. The Balaban J connectivity index is 1.80. The number of urea groups is 1. The number of nitrogens with one attached hydrogen (secondary N) is 1. The highest BCUT2D eigenvalue weighted by Gasteiger charge is 2.50. The molecule has 29 heavy (non-hydrogen) atoms. The van der Waals surface area contributed by atoms with Gasteiger partial charge in [-0.25, -0.2) is 14.2 Å². The monoisotopic (exact) mass is 458 g/mol. The molecule has 1 aromatic rings. The van der Waals surface area contributed by atoms with Crippen LogP contribution < -0.4 is 5.32 Å². The Kier molecular flexibility index (Phi) is 7.03. The summed E-state index contributed by atoms with van der Waals surface area (Å²) in [6, 6.07) is 3.79. The van der Waals surface area contributed by atoms with Crippen LogP contribution in [0.3, 0.4) is 0 Å². The number of hydrazone groups is 1. The number of thiocarbonyl (C=S) groups is 1. The summed E-state index contributed by atoms with van der Waals surface area (Å²) < 4.78 is 13.8. The lowest BCUT2D eigenvalue weighted by molar-refractivity contribution is -0.119. The van der Waals surface area contributed by atoms with Crippen LogP contribution in [0, 0.1) is 5.82 Å². The summed E-state index contributed by atoms with van der Waals surface area (Å²) in [5.41, 5.74) is 0.113. The average Bonchev–Trinajstić information content (AvgIpc) is 2.89. The van der Waals surface area contributed by atoms with Crippen molar-refractivity contribution in [1.29, 1.82) is 0 Å². The molecule has 1 aromatic carbocycles. The van der Waals surface area contributed by atoms with Gasteiger partial charge in [-0.15, -0.1) is 0 Å². The maximum atomic E-state index is 14.1. The van der Waals surface area contributed by atoms with Gasteiger partial charge in [0.25, 0.3) is 0 Å². The zero-order valence-corrected chi connectivity index (χ0v) is 18.7. The van der Waals surface area contributed by atoms with Crippen molar-refractivity contribution in [3.8, 4) is 0 Å². The first-order valence-electron chi connectivity index (χ1n) is 9.49. The summed E-state index contributed by atoms with van der Waals surface area (Å²) in [7, 11) is 0. The molecule has 0 aromatic heterocycles. The van der Waals surface area contributed by atoms with Gasteiger partial charge in [0.2, 0.25) is 0 Å². The maximum Gasteiger partial charge on any atom is 0.343 e. The summed E-state index contributed by atoms with van der Waals surface area (Å²) in [4.78, 5) is 12.7.